The lowest BCUT2D eigenvalue weighted by atomic mass is 10.0. The Bertz CT molecular complexity index is 557. The number of hydrogen-bond acceptors (Lipinski definition) is 3. The minimum absolute atomic E-state index is 0.0573. The molecule has 1 aliphatic rings. The number of methoxy groups -OCH3 is 1. The highest BCUT2D eigenvalue weighted by Crippen LogP contribution is 2.19. The number of rotatable bonds is 7. The van der Waals surface area contributed by atoms with Crippen molar-refractivity contribution >= 4 is 11.8 Å². The van der Waals surface area contributed by atoms with Crippen LogP contribution in [-0.2, 0) is 16.0 Å². The summed E-state index contributed by atoms with van der Waals surface area (Å²) in [4.78, 5) is 26.2. The lowest BCUT2D eigenvalue weighted by Crippen LogP contribution is -2.50. The molecule has 0 spiro atoms. The third kappa shape index (κ3) is 4.47. The number of ether oxygens (including phenoxy) is 1. The standard InChI is InChI=1S/C18H26N2O3/c1-13(2)17(20-11-5-8-16(20)21)18(22)19-10-9-14-6-4-7-15(12-14)23-3/h4,6-7,12-13,17H,5,8-11H2,1-3H3,(H,19,22)/t17-/m0/s1. The molecule has 1 heterocycles. The predicted molar refractivity (Wildman–Crippen MR) is 89.3 cm³/mol. The Morgan fingerprint density at radius 3 is 2.78 bits per heavy atom. The van der Waals surface area contributed by atoms with Gasteiger partial charge in [-0.1, -0.05) is 26.0 Å². The Morgan fingerprint density at radius 2 is 2.17 bits per heavy atom. The zero-order valence-corrected chi connectivity index (χ0v) is 14.2. The summed E-state index contributed by atoms with van der Waals surface area (Å²) in [6.07, 6.45) is 2.14. The van der Waals surface area contributed by atoms with Crippen LogP contribution < -0.4 is 10.1 Å². The first-order valence-corrected chi connectivity index (χ1v) is 8.23. The van der Waals surface area contributed by atoms with Crippen LogP contribution >= 0.6 is 0 Å². The second-order valence-corrected chi connectivity index (χ2v) is 6.27. The second kappa shape index (κ2) is 7.99. The van der Waals surface area contributed by atoms with Crippen molar-refractivity contribution in [2.24, 2.45) is 5.92 Å². The van der Waals surface area contributed by atoms with Gasteiger partial charge in [-0.05, 0) is 36.5 Å². The van der Waals surface area contributed by atoms with Crippen molar-refractivity contribution < 1.29 is 14.3 Å². The van der Waals surface area contributed by atoms with Crippen molar-refractivity contribution in [3.63, 3.8) is 0 Å². The first-order valence-electron chi connectivity index (χ1n) is 8.23. The Hall–Kier alpha value is -2.04. The second-order valence-electron chi connectivity index (χ2n) is 6.27. The Kier molecular flexibility index (Phi) is 6.02. The fraction of sp³-hybridized carbons (Fsp3) is 0.556. The molecule has 1 fully saturated rings. The van der Waals surface area contributed by atoms with Gasteiger partial charge in [-0.2, -0.15) is 0 Å². The monoisotopic (exact) mass is 318 g/mol. The lowest BCUT2D eigenvalue weighted by Gasteiger charge is -2.29. The zero-order valence-electron chi connectivity index (χ0n) is 14.2. The molecule has 1 N–H and O–H groups in total. The van der Waals surface area contributed by atoms with Gasteiger partial charge in [0.05, 0.1) is 7.11 Å². The summed E-state index contributed by atoms with van der Waals surface area (Å²) >= 11 is 0. The van der Waals surface area contributed by atoms with Gasteiger partial charge in [0.25, 0.3) is 0 Å². The van der Waals surface area contributed by atoms with Crippen LogP contribution in [0.4, 0.5) is 0 Å². The van der Waals surface area contributed by atoms with Crippen LogP contribution in [0.5, 0.6) is 5.75 Å². The maximum Gasteiger partial charge on any atom is 0.243 e. The van der Waals surface area contributed by atoms with E-state index in [0.29, 0.717) is 19.5 Å². The molecule has 126 valence electrons. The number of carbonyl (C=O) groups is 2. The summed E-state index contributed by atoms with van der Waals surface area (Å²) < 4.78 is 5.20. The highest BCUT2D eigenvalue weighted by atomic mass is 16.5. The molecule has 0 bridgehead atoms. The van der Waals surface area contributed by atoms with E-state index in [0.717, 1.165) is 24.2 Å². The van der Waals surface area contributed by atoms with Gasteiger partial charge in [0.15, 0.2) is 0 Å². The van der Waals surface area contributed by atoms with Crippen LogP contribution in [0.15, 0.2) is 24.3 Å². The van der Waals surface area contributed by atoms with Gasteiger partial charge in [0, 0.05) is 19.5 Å². The number of nitrogens with zero attached hydrogens (tertiary/aromatic N) is 1. The van der Waals surface area contributed by atoms with Crippen molar-refractivity contribution in [1.82, 2.24) is 10.2 Å². The number of carbonyl (C=O) groups excluding carboxylic acids is 2. The van der Waals surface area contributed by atoms with E-state index in [-0.39, 0.29) is 23.8 Å². The van der Waals surface area contributed by atoms with Gasteiger partial charge in [-0.3, -0.25) is 9.59 Å². The van der Waals surface area contributed by atoms with Gasteiger partial charge in [-0.25, -0.2) is 0 Å². The van der Waals surface area contributed by atoms with Gasteiger partial charge in [0.2, 0.25) is 11.8 Å². The fourth-order valence-corrected chi connectivity index (χ4v) is 3.03. The van der Waals surface area contributed by atoms with E-state index in [9.17, 15) is 9.59 Å². The summed E-state index contributed by atoms with van der Waals surface area (Å²) in [5, 5.41) is 2.97. The molecule has 2 amide bonds. The highest BCUT2D eigenvalue weighted by molar-refractivity contribution is 5.88. The van der Waals surface area contributed by atoms with Gasteiger partial charge >= 0.3 is 0 Å². The van der Waals surface area contributed by atoms with Crippen molar-refractivity contribution in [2.75, 3.05) is 20.2 Å². The Labute approximate surface area is 138 Å². The molecule has 23 heavy (non-hydrogen) atoms. The lowest BCUT2D eigenvalue weighted by molar-refractivity contribution is -0.139. The molecular formula is C18H26N2O3. The molecule has 1 atom stereocenters. The van der Waals surface area contributed by atoms with Gasteiger partial charge in [0.1, 0.15) is 11.8 Å². The molecule has 1 aromatic carbocycles. The summed E-state index contributed by atoms with van der Waals surface area (Å²) in [5.41, 5.74) is 1.11. The van der Waals surface area contributed by atoms with Crippen LogP contribution in [0.1, 0.15) is 32.3 Å². The van der Waals surface area contributed by atoms with Gasteiger partial charge in [-0.15, -0.1) is 0 Å². The molecule has 1 saturated heterocycles. The minimum atomic E-state index is -0.365. The molecule has 0 aliphatic carbocycles. The molecule has 0 aromatic heterocycles. The number of hydrogen-bond donors (Lipinski definition) is 1. The molecular weight excluding hydrogens is 292 g/mol. The normalized spacial score (nSPS) is 15.8. The molecule has 0 radical (unpaired) electrons. The van der Waals surface area contributed by atoms with Crippen molar-refractivity contribution in [3.05, 3.63) is 29.8 Å². The fourth-order valence-electron chi connectivity index (χ4n) is 3.03. The third-order valence-corrected chi connectivity index (χ3v) is 4.19. The number of benzene rings is 1. The van der Waals surface area contributed by atoms with Crippen molar-refractivity contribution in [3.8, 4) is 5.75 Å². The molecule has 1 aromatic rings. The van der Waals surface area contributed by atoms with Crippen LogP contribution in [0.25, 0.3) is 0 Å². The quantitative estimate of drug-likeness (QED) is 0.836. The van der Waals surface area contributed by atoms with E-state index in [4.69, 9.17) is 4.74 Å². The Morgan fingerprint density at radius 1 is 1.39 bits per heavy atom. The van der Waals surface area contributed by atoms with E-state index in [1.54, 1.807) is 12.0 Å². The summed E-state index contributed by atoms with van der Waals surface area (Å²) in [6, 6.07) is 7.45. The number of nitrogens with one attached hydrogen (secondary N) is 1. The van der Waals surface area contributed by atoms with E-state index >= 15 is 0 Å². The average molecular weight is 318 g/mol. The molecule has 0 saturated carbocycles. The van der Waals surface area contributed by atoms with E-state index in [1.807, 2.05) is 38.1 Å². The van der Waals surface area contributed by atoms with Crippen LogP contribution in [0.2, 0.25) is 0 Å². The maximum atomic E-state index is 12.5. The first kappa shape index (κ1) is 17.3. The predicted octanol–water partition coefficient (Wildman–Crippen LogP) is 2.00. The third-order valence-electron chi connectivity index (χ3n) is 4.19. The van der Waals surface area contributed by atoms with Crippen LogP contribution in [-0.4, -0.2) is 43.0 Å². The molecule has 1 aliphatic heterocycles. The van der Waals surface area contributed by atoms with Crippen LogP contribution in [0, 0.1) is 5.92 Å². The molecule has 0 unspecified atom stereocenters. The smallest absolute Gasteiger partial charge is 0.243 e. The van der Waals surface area contributed by atoms with E-state index in [1.165, 1.54) is 0 Å². The molecule has 5 heteroatoms. The maximum absolute atomic E-state index is 12.5. The van der Waals surface area contributed by atoms with E-state index in [2.05, 4.69) is 5.32 Å². The number of likely N-dealkylation sites (tertiary alicyclic amines) is 1. The zero-order chi connectivity index (χ0) is 16.8. The highest BCUT2D eigenvalue weighted by Gasteiger charge is 2.34. The number of amides is 2. The summed E-state index contributed by atoms with van der Waals surface area (Å²) in [6.45, 7) is 5.21. The van der Waals surface area contributed by atoms with Gasteiger partial charge < -0.3 is 15.0 Å². The summed E-state index contributed by atoms with van der Waals surface area (Å²) in [7, 11) is 1.64. The average Bonchev–Trinajstić information content (AvgIpc) is 2.93. The van der Waals surface area contributed by atoms with Crippen molar-refractivity contribution in [1.29, 1.82) is 0 Å². The SMILES string of the molecule is COc1cccc(CCNC(=O)[C@H](C(C)C)N2CCCC2=O)c1. The first-order chi connectivity index (χ1) is 11.0. The largest absolute Gasteiger partial charge is 0.497 e. The Balaban J connectivity index is 1.90. The molecule has 5 nitrogen and oxygen atoms in total. The topological polar surface area (TPSA) is 58.6 Å². The summed E-state index contributed by atoms with van der Waals surface area (Å²) in [5.74, 6) is 0.954. The van der Waals surface area contributed by atoms with E-state index < -0.39 is 0 Å². The van der Waals surface area contributed by atoms with Crippen LogP contribution in [0.3, 0.4) is 0 Å². The molecule has 2 rings (SSSR count). The minimum Gasteiger partial charge on any atom is -0.497 e. The van der Waals surface area contributed by atoms with Crippen molar-refractivity contribution in [2.45, 2.75) is 39.2 Å².